The SMILES string of the molecule is Cc1ccc(CC(=O)Nc2ccccc2C(=O)NCCC[NH+]2CCOCC2)cc1C. The zero-order chi connectivity index (χ0) is 21.3. The highest BCUT2D eigenvalue weighted by Gasteiger charge is 2.15. The number of carbonyl (C=O) groups is 2. The van der Waals surface area contributed by atoms with Crippen LogP contribution >= 0.6 is 0 Å². The number of quaternary nitrogens is 1. The van der Waals surface area contributed by atoms with Gasteiger partial charge in [0.25, 0.3) is 5.91 Å². The van der Waals surface area contributed by atoms with Gasteiger partial charge < -0.3 is 20.3 Å². The number of hydrogen-bond donors (Lipinski definition) is 3. The largest absolute Gasteiger partial charge is 0.370 e. The van der Waals surface area contributed by atoms with Gasteiger partial charge >= 0.3 is 0 Å². The topological polar surface area (TPSA) is 71.9 Å². The first-order valence-corrected chi connectivity index (χ1v) is 10.7. The van der Waals surface area contributed by atoms with Crippen molar-refractivity contribution in [1.29, 1.82) is 0 Å². The number of morpholine rings is 1. The molecule has 1 heterocycles. The summed E-state index contributed by atoms with van der Waals surface area (Å²) in [6.07, 6.45) is 1.20. The minimum absolute atomic E-state index is 0.130. The fraction of sp³-hybridized carbons (Fsp3) is 0.417. The first kappa shape index (κ1) is 22.0. The molecule has 0 spiro atoms. The first-order chi connectivity index (χ1) is 14.5. The molecule has 6 nitrogen and oxygen atoms in total. The summed E-state index contributed by atoms with van der Waals surface area (Å²) < 4.78 is 5.37. The lowest BCUT2D eigenvalue weighted by Crippen LogP contribution is -3.14. The minimum atomic E-state index is -0.158. The van der Waals surface area contributed by atoms with Crippen LogP contribution in [0.3, 0.4) is 0 Å². The summed E-state index contributed by atoms with van der Waals surface area (Å²) in [5, 5.41) is 5.88. The Bertz CT molecular complexity index is 876. The second-order valence-corrected chi connectivity index (χ2v) is 7.91. The maximum atomic E-state index is 12.6. The number of amides is 2. The predicted molar refractivity (Wildman–Crippen MR) is 118 cm³/mol. The standard InChI is InChI=1S/C24H31N3O3/c1-18-8-9-20(16-19(18)2)17-23(28)26-22-7-4-3-6-21(22)24(29)25-10-5-11-27-12-14-30-15-13-27/h3-4,6-9,16H,5,10-15,17H2,1-2H3,(H,25,29)(H,26,28)/p+1. The Kier molecular flexibility index (Phi) is 7.99. The second kappa shape index (κ2) is 10.9. The second-order valence-electron chi connectivity index (χ2n) is 7.91. The Morgan fingerprint density at radius 2 is 1.80 bits per heavy atom. The van der Waals surface area contributed by atoms with E-state index in [0.29, 0.717) is 17.8 Å². The van der Waals surface area contributed by atoms with E-state index in [-0.39, 0.29) is 18.2 Å². The Balaban J connectivity index is 1.51. The van der Waals surface area contributed by atoms with E-state index >= 15 is 0 Å². The lowest BCUT2D eigenvalue weighted by Gasteiger charge is -2.23. The van der Waals surface area contributed by atoms with Crippen molar-refractivity contribution in [2.24, 2.45) is 0 Å². The summed E-state index contributed by atoms with van der Waals surface area (Å²) in [4.78, 5) is 26.7. The van der Waals surface area contributed by atoms with E-state index in [9.17, 15) is 9.59 Å². The molecule has 3 N–H and O–H groups in total. The summed E-state index contributed by atoms with van der Waals surface area (Å²) in [6.45, 7) is 9.43. The summed E-state index contributed by atoms with van der Waals surface area (Å²) in [5.74, 6) is -0.288. The predicted octanol–water partition coefficient (Wildman–Crippen LogP) is 1.52. The number of nitrogens with one attached hydrogen (secondary N) is 3. The summed E-state index contributed by atoms with van der Waals surface area (Å²) in [6, 6.07) is 13.2. The smallest absolute Gasteiger partial charge is 0.253 e. The van der Waals surface area contributed by atoms with Crippen LogP contribution in [0.2, 0.25) is 0 Å². The Morgan fingerprint density at radius 3 is 2.57 bits per heavy atom. The molecule has 0 atom stereocenters. The average Bonchev–Trinajstić information content (AvgIpc) is 2.75. The van der Waals surface area contributed by atoms with E-state index in [1.807, 2.05) is 37.3 Å². The maximum absolute atomic E-state index is 12.6. The molecule has 1 fully saturated rings. The van der Waals surface area contributed by atoms with E-state index in [1.165, 1.54) is 16.0 Å². The third-order valence-electron chi connectivity index (χ3n) is 5.57. The van der Waals surface area contributed by atoms with E-state index in [1.54, 1.807) is 12.1 Å². The van der Waals surface area contributed by atoms with Crippen molar-refractivity contribution in [2.45, 2.75) is 26.7 Å². The molecule has 30 heavy (non-hydrogen) atoms. The molecule has 0 aromatic heterocycles. The number of para-hydroxylation sites is 1. The van der Waals surface area contributed by atoms with Gasteiger partial charge in [0, 0.05) is 13.0 Å². The van der Waals surface area contributed by atoms with Crippen LogP contribution < -0.4 is 15.5 Å². The molecule has 0 saturated carbocycles. The molecule has 0 aliphatic carbocycles. The van der Waals surface area contributed by atoms with E-state index in [0.717, 1.165) is 44.8 Å². The number of ether oxygens (including phenoxy) is 1. The van der Waals surface area contributed by atoms with Gasteiger partial charge in [0.05, 0.1) is 37.4 Å². The lowest BCUT2D eigenvalue weighted by molar-refractivity contribution is -0.908. The number of benzene rings is 2. The Morgan fingerprint density at radius 1 is 1.03 bits per heavy atom. The van der Waals surface area contributed by atoms with Gasteiger partial charge in [-0.15, -0.1) is 0 Å². The number of rotatable bonds is 8. The minimum Gasteiger partial charge on any atom is -0.370 e. The average molecular weight is 411 g/mol. The Hall–Kier alpha value is -2.70. The van der Waals surface area contributed by atoms with Gasteiger partial charge in [0.15, 0.2) is 0 Å². The summed E-state index contributed by atoms with van der Waals surface area (Å²) in [7, 11) is 0. The van der Waals surface area contributed by atoms with Crippen LogP contribution in [0.15, 0.2) is 42.5 Å². The lowest BCUT2D eigenvalue weighted by atomic mass is 10.0. The maximum Gasteiger partial charge on any atom is 0.253 e. The third-order valence-corrected chi connectivity index (χ3v) is 5.57. The molecule has 2 amide bonds. The molecule has 160 valence electrons. The molecule has 3 rings (SSSR count). The summed E-state index contributed by atoms with van der Waals surface area (Å²) in [5.41, 5.74) is 4.37. The van der Waals surface area contributed by atoms with Crippen molar-refractivity contribution in [3.63, 3.8) is 0 Å². The van der Waals surface area contributed by atoms with Gasteiger partial charge in [0.1, 0.15) is 13.1 Å². The van der Waals surface area contributed by atoms with Crippen LogP contribution in [0, 0.1) is 13.8 Å². The van der Waals surface area contributed by atoms with Crippen molar-refractivity contribution < 1.29 is 19.2 Å². The van der Waals surface area contributed by atoms with Crippen LogP contribution in [-0.2, 0) is 16.0 Å². The van der Waals surface area contributed by atoms with Crippen molar-refractivity contribution in [3.05, 3.63) is 64.7 Å². The fourth-order valence-corrected chi connectivity index (χ4v) is 3.63. The van der Waals surface area contributed by atoms with Crippen LogP contribution in [0.5, 0.6) is 0 Å². The molecule has 1 aliphatic rings. The summed E-state index contributed by atoms with van der Waals surface area (Å²) >= 11 is 0. The highest BCUT2D eigenvalue weighted by atomic mass is 16.5. The Labute approximate surface area is 178 Å². The highest BCUT2D eigenvalue weighted by molar-refractivity contribution is 6.04. The number of aryl methyl sites for hydroxylation is 2. The van der Waals surface area contributed by atoms with Gasteiger partial charge in [0.2, 0.25) is 5.91 Å². The number of hydrogen-bond acceptors (Lipinski definition) is 3. The van der Waals surface area contributed by atoms with E-state index in [4.69, 9.17) is 4.74 Å². The molecule has 2 aromatic rings. The van der Waals surface area contributed by atoms with Gasteiger partial charge in [-0.05, 0) is 42.7 Å². The van der Waals surface area contributed by atoms with Crippen molar-refractivity contribution in [3.8, 4) is 0 Å². The number of carbonyl (C=O) groups excluding carboxylic acids is 2. The van der Waals surface area contributed by atoms with Crippen LogP contribution in [0.4, 0.5) is 5.69 Å². The molecule has 6 heteroatoms. The molecule has 0 bridgehead atoms. The van der Waals surface area contributed by atoms with Crippen molar-refractivity contribution >= 4 is 17.5 Å². The van der Waals surface area contributed by atoms with Gasteiger partial charge in [-0.2, -0.15) is 0 Å². The molecule has 0 radical (unpaired) electrons. The molecule has 1 saturated heterocycles. The normalized spacial score (nSPS) is 14.3. The molecule has 2 aromatic carbocycles. The zero-order valence-corrected chi connectivity index (χ0v) is 17.9. The molecule has 1 aliphatic heterocycles. The third kappa shape index (κ3) is 6.40. The fourth-order valence-electron chi connectivity index (χ4n) is 3.63. The van der Waals surface area contributed by atoms with E-state index in [2.05, 4.69) is 17.6 Å². The van der Waals surface area contributed by atoms with Gasteiger partial charge in [-0.3, -0.25) is 9.59 Å². The zero-order valence-electron chi connectivity index (χ0n) is 17.9. The van der Waals surface area contributed by atoms with Crippen LogP contribution in [0.1, 0.15) is 33.5 Å². The van der Waals surface area contributed by atoms with Crippen LogP contribution in [0.25, 0.3) is 0 Å². The number of anilines is 1. The van der Waals surface area contributed by atoms with E-state index < -0.39 is 0 Å². The highest BCUT2D eigenvalue weighted by Crippen LogP contribution is 2.16. The molecular weight excluding hydrogens is 378 g/mol. The van der Waals surface area contributed by atoms with Crippen LogP contribution in [-0.4, -0.2) is 51.2 Å². The molecule has 0 unspecified atom stereocenters. The van der Waals surface area contributed by atoms with Crippen molar-refractivity contribution in [1.82, 2.24) is 5.32 Å². The van der Waals surface area contributed by atoms with Crippen molar-refractivity contribution in [2.75, 3.05) is 44.7 Å². The monoisotopic (exact) mass is 410 g/mol. The van der Waals surface area contributed by atoms with Gasteiger partial charge in [-0.25, -0.2) is 0 Å². The van der Waals surface area contributed by atoms with Gasteiger partial charge in [-0.1, -0.05) is 30.3 Å². The molecular formula is C24H32N3O3+. The first-order valence-electron chi connectivity index (χ1n) is 10.7. The quantitative estimate of drug-likeness (QED) is 0.578.